The van der Waals surface area contributed by atoms with Gasteiger partial charge in [-0.25, -0.2) is 0 Å². The van der Waals surface area contributed by atoms with E-state index >= 15 is 0 Å². The number of phenols is 1. The number of aryl methyl sites for hydroxylation is 1. The molecule has 0 fully saturated rings. The number of guanidine groups is 1. The van der Waals surface area contributed by atoms with E-state index in [2.05, 4.69) is 58.1 Å². The molecule has 192 valence electrons. The quantitative estimate of drug-likeness (QED) is 0.233. The Morgan fingerprint density at radius 3 is 2.64 bits per heavy atom. The highest BCUT2D eigenvalue weighted by atomic mass is 79.9. The monoisotopic (exact) mass is 625 g/mol. The summed E-state index contributed by atoms with van der Waals surface area (Å²) in [7, 11) is 0. The Labute approximate surface area is 223 Å². The van der Waals surface area contributed by atoms with Gasteiger partial charge in [-0.15, -0.1) is 0 Å². The Morgan fingerprint density at radius 1 is 1.22 bits per heavy atom. The molecule has 0 aromatic heterocycles. The predicted octanol–water partition coefficient (Wildman–Crippen LogP) is 2.02. The summed E-state index contributed by atoms with van der Waals surface area (Å²) in [5, 5.41) is 40.3. The molecule has 1 heterocycles. The third-order valence-corrected chi connectivity index (χ3v) is 6.34. The van der Waals surface area contributed by atoms with Crippen LogP contribution in [0, 0.1) is 6.92 Å². The van der Waals surface area contributed by atoms with E-state index in [4.69, 9.17) is 0 Å². The largest absolute Gasteiger partial charge is 0.506 e. The van der Waals surface area contributed by atoms with Gasteiger partial charge in [0.1, 0.15) is 5.75 Å². The van der Waals surface area contributed by atoms with E-state index in [-0.39, 0.29) is 17.9 Å². The van der Waals surface area contributed by atoms with Gasteiger partial charge in [-0.1, -0.05) is 22.0 Å². The molecule has 1 aliphatic heterocycles. The predicted molar refractivity (Wildman–Crippen MR) is 140 cm³/mol. The van der Waals surface area contributed by atoms with Crippen LogP contribution in [0.5, 0.6) is 5.75 Å². The smallest absolute Gasteiger partial charge is 0.305 e. The molecule has 11 nitrogen and oxygen atoms in total. The zero-order valence-electron chi connectivity index (χ0n) is 19.1. The summed E-state index contributed by atoms with van der Waals surface area (Å²) in [6.45, 7) is 2.07. The number of β-amino-alcohol motifs (C(OH)–C–C–N with tert-alkyl or cyclic N) is 1. The number of halogens is 2. The van der Waals surface area contributed by atoms with Gasteiger partial charge >= 0.3 is 5.97 Å². The number of phenolic OH excluding ortho intramolecular Hbond substituents is 1. The lowest BCUT2D eigenvalue weighted by Crippen LogP contribution is -2.42. The zero-order chi connectivity index (χ0) is 26.4. The lowest BCUT2D eigenvalue weighted by atomic mass is 10.0. The summed E-state index contributed by atoms with van der Waals surface area (Å²) in [6.07, 6.45) is -1.03. The summed E-state index contributed by atoms with van der Waals surface area (Å²) >= 11 is 6.48. The molecule has 1 unspecified atom stereocenters. The molecule has 1 aliphatic rings. The Hall–Kier alpha value is -3.16. The van der Waals surface area contributed by atoms with E-state index in [1.807, 2.05) is 6.92 Å². The molecule has 2 aromatic rings. The summed E-state index contributed by atoms with van der Waals surface area (Å²) in [5.74, 6) is -2.03. The number of anilines is 1. The number of carboxylic acid groups (broad SMARTS) is 1. The van der Waals surface area contributed by atoms with Crippen molar-refractivity contribution in [2.75, 3.05) is 25.0 Å². The van der Waals surface area contributed by atoms with E-state index in [9.17, 15) is 29.7 Å². The first-order valence-corrected chi connectivity index (χ1v) is 12.4. The second-order valence-corrected chi connectivity index (χ2v) is 9.87. The number of rotatable bonds is 8. The molecule has 36 heavy (non-hydrogen) atoms. The average Bonchev–Trinajstić information content (AvgIpc) is 2.82. The Kier molecular flexibility index (Phi) is 9.29. The minimum Gasteiger partial charge on any atom is -0.506 e. The first-order chi connectivity index (χ1) is 17.0. The van der Waals surface area contributed by atoms with Gasteiger partial charge in [0, 0.05) is 27.8 Å². The highest BCUT2D eigenvalue weighted by molar-refractivity contribution is 9.11. The van der Waals surface area contributed by atoms with E-state index in [0.717, 1.165) is 5.56 Å². The summed E-state index contributed by atoms with van der Waals surface area (Å²) < 4.78 is 0.911. The molecule has 0 aliphatic carbocycles. The van der Waals surface area contributed by atoms with Crippen molar-refractivity contribution in [1.82, 2.24) is 16.0 Å². The van der Waals surface area contributed by atoms with Gasteiger partial charge in [0.25, 0.3) is 5.91 Å². The highest BCUT2D eigenvalue weighted by Gasteiger charge is 2.23. The maximum absolute atomic E-state index is 12.7. The third-order valence-electron chi connectivity index (χ3n) is 5.27. The number of aliphatic imine (C=N–C) groups is 1. The summed E-state index contributed by atoms with van der Waals surface area (Å²) in [5.41, 5.74) is 1.99. The number of benzene rings is 2. The van der Waals surface area contributed by atoms with E-state index < -0.39 is 42.9 Å². The molecule has 7 N–H and O–H groups in total. The van der Waals surface area contributed by atoms with Crippen LogP contribution in [0.3, 0.4) is 0 Å². The van der Waals surface area contributed by atoms with Crippen LogP contribution in [-0.4, -0.2) is 64.8 Å². The number of carbonyl (C=O) groups excluding carboxylic acids is 2. The zero-order valence-corrected chi connectivity index (χ0v) is 22.3. The van der Waals surface area contributed by atoms with Crippen molar-refractivity contribution in [2.24, 2.45) is 4.99 Å². The highest BCUT2D eigenvalue weighted by Crippen LogP contribution is 2.36. The van der Waals surface area contributed by atoms with Gasteiger partial charge in [0.15, 0.2) is 5.96 Å². The maximum Gasteiger partial charge on any atom is 0.305 e. The summed E-state index contributed by atoms with van der Waals surface area (Å²) in [6, 6.07) is 7.04. The van der Waals surface area contributed by atoms with E-state index in [1.165, 1.54) is 6.07 Å². The molecule has 0 saturated carbocycles. The number of amides is 2. The van der Waals surface area contributed by atoms with Gasteiger partial charge in [-0.2, -0.15) is 0 Å². The molecular formula is C23H25Br2N5O6. The van der Waals surface area contributed by atoms with Crippen molar-refractivity contribution in [3.05, 3.63) is 56.0 Å². The molecule has 3 rings (SSSR count). The van der Waals surface area contributed by atoms with Gasteiger partial charge in [0.05, 0.1) is 36.1 Å². The van der Waals surface area contributed by atoms with Crippen LogP contribution < -0.4 is 21.3 Å². The van der Waals surface area contributed by atoms with Crippen molar-refractivity contribution in [1.29, 1.82) is 0 Å². The van der Waals surface area contributed by atoms with Crippen LogP contribution in [0.1, 0.15) is 33.9 Å². The van der Waals surface area contributed by atoms with Crippen LogP contribution in [0.4, 0.5) is 5.69 Å². The fraction of sp³-hybridized carbons (Fsp3) is 0.304. The minimum atomic E-state index is -1.17. The molecule has 0 radical (unpaired) electrons. The minimum absolute atomic E-state index is 0.194. The number of nitrogens with one attached hydrogen (secondary N) is 4. The number of aliphatic hydroxyl groups is 1. The van der Waals surface area contributed by atoms with Crippen LogP contribution in [0.15, 0.2) is 44.3 Å². The number of aliphatic hydroxyl groups excluding tert-OH is 1. The Balaban J connectivity index is 1.65. The van der Waals surface area contributed by atoms with Gasteiger partial charge in [-0.05, 0) is 52.7 Å². The Bertz CT molecular complexity index is 1210. The number of carbonyl (C=O) groups is 3. The maximum atomic E-state index is 12.7. The van der Waals surface area contributed by atoms with Crippen molar-refractivity contribution in [2.45, 2.75) is 25.5 Å². The van der Waals surface area contributed by atoms with E-state index in [1.54, 1.807) is 24.3 Å². The fourth-order valence-corrected chi connectivity index (χ4v) is 4.67. The number of nitrogens with zero attached hydrogens (tertiary/aromatic N) is 1. The van der Waals surface area contributed by atoms with E-state index in [0.29, 0.717) is 32.7 Å². The van der Waals surface area contributed by atoms with Crippen molar-refractivity contribution in [3.8, 4) is 5.75 Å². The molecule has 0 saturated heterocycles. The lowest BCUT2D eigenvalue weighted by Gasteiger charge is -2.21. The third kappa shape index (κ3) is 7.42. The van der Waals surface area contributed by atoms with Crippen molar-refractivity contribution < 1.29 is 29.7 Å². The molecule has 0 spiro atoms. The van der Waals surface area contributed by atoms with Crippen molar-refractivity contribution >= 4 is 61.3 Å². The summed E-state index contributed by atoms with van der Waals surface area (Å²) in [4.78, 5) is 40.8. The lowest BCUT2D eigenvalue weighted by molar-refractivity contribution is -0.137. The standard InChI is InChI=1S/C23H25Br2N5O6/c1-11-2-3-12(4-17(11)30-23-27-8-14(31)9-28-23)22(36)26-10-19(32)29-18(7-20(33)34)15-5-13(24)6-16(25)21(15)35/h2-6,14,18,31,35H,7-10H2,1H3,(H,26,36)(H,29,32)(H,33,34)(H2,27,28,30)/t18-/m1/s1. The molecule has 2 atom stereocenters. The van der Waals surface area contributed by atoms with Crippen LogP contribution >= 0.6 is 31.9 Å². The number of carboxylic acids is 1. The Morgan fingerprint density at radius 2 is 1.97 bits per heavy atom. The second kappa shape index (κ2) is 12.2. The number of hydrogen-bond donors (Lipinski definition) is 7. The van der Waals surface area contributed by atoms with Crippen LogP contribution in [0.2, 0.25) is 0 Å². The molecule has 0 bridgehead atoms. The molecule has 13 heteroatoms. The normalized spacial score (nSPS) is 15.8. The van der Waals surface area contributed by atoms with Gasteiger partial charge < -0.3 is 36.6 Å². The molecule has 2 aromatic carbocycles. The topological polar surface area (TPSA) is 172 Å². The first kappa shape index (κ1) is 27.4. The molecular weight excluding hydrogens is 602 g/mol. The van der Waals surface area contributed by atoms with Gasteiger partial charge in [0.2, 0.25) is 5.91 Å². The van der Waals surface area contributed by atoms with Crippen LogP contribution in [0.25, 0.3) is 0 Å². The number of aliphatic carboxylic acids is 1. The number of hydrogen-bond acceptors (Lipinski definition) is 8. The second-order valence-electron chi connectivity index (χ2n) is 8.10. The van der Waals surface area contributed by atoms with Crippen molar-refractivity contribution in [3.63, 3.8) is 0 Å². The van der Waals surface area contributed by atoms with Crippen LogP contribution in [-0.2, 0) is 9.59 Å². The fourth-order valence-electron chi connectivity index (χ4n) is 3.41. The van der Waals surface area contributed by atoms with Gasteiger partial charge in [-0.3, -0.25) is 19.4 Å². The molecule has 2 amide bonds. The number of aromatic hydroxyl groups is 1. The SMILES string of the molecule is Cc1ccc(C(=O)NCC(=O)N[C@H](CC(=O)O)c2cc(Br)cc(Br)c2O)cc1NC1=NCC(O)CN1. The first-order valence-electron chi connectivity index (χ1n) is 10.8. The average molecular weight is 627 g/mol.